The molecular formula is C13H33N. The first kappa shape index (κ1) is 19.5. The zero-order chi connectivity index (χ0) is 11.7. The molecule has 0 fully saturated rings. The van der Waals surface area contributed by atoms with Crippen LogP contribution in [0.1, 0.15) is 73.6 Å². The van der Waals surface area contributed by atoms with E-state index in [1.807, 2.05) is 27.7 Å². The number of nitrogens with one attached hydrogen (secondary N) is 1. The fourth-order valence-electron chi connectivity index (χ4n) is 0.979. The van der Waals surface area contributed by atoms with Crippen molar-refractivity contribution in [2.45, 2.75) is 73.6 Å². The molecule has 0 saturated heterocycles. The lowest BCUT2D eigenvalue weighted by Gasteiger charge is -2.00. The van der Waals surface area contributed by atoms with Gasteiger partial charge < -0.3 is 5.32 Å². The van der Waals surface area contributed by atoms with Crippen molar-refractivity contribution in [3.05, 3.63) is 0 Å². The van der Waals surface area contributed by atoms with Crippen LogP contribution in [0.4, 0.5) is 0 Å². The van der Waals surface area contributed by atoms with Gasteiger partial charge in [-0.1, -0.05) is 60.8 Å². The maximum atomic E-state index is 3.39. The van der Waals surface area contributed by atoms with Gasteiger partial charge in [0.05, 0.1) is 0 Å². The van der Waals surface area contributed by atoms with Gasteiger partial charge in [-0.2, -0.15) is 0 Å². The van der Waals surface area contributed by atoms with Gasteiger partial charge in [0.15, 0.2) is 0 Å². The molecule has 1 N–H and O–H groups in total. The summed E-state index contributed by atoms with van der Waals surface area (Å²) in [7, 11) is 0. The number of hydrogen-bond acceptors (Lipinski definition) is 1. The van der Waals surface area contributed by atoms with Gasteiger partial charge in [0.25, 0.3) is 0 Å². The molecule has 0 atom stereocenters. The first-order valence-electron chi connectivity index (χ1n) is 6.62. The molecule has 0 aliphatic rings. The minimum absolute atomic E-state index is 1.19. The van der Waals surface area contributed by atoms with Crippen LogP contribution < -0.4 is 5.32 Å². The summed E-state index contributed by atoms with van der Waals surface area (Å²) in [5, 5.41) is 3.39. The van der Waals surface area contributed by atoms with Crippen LogP contribution in [0.25, 0.3) is 0 Å². The van der Waals surface area contributed by atoms with E-state index in [4.69, 9.17) is 0 Å². The van der Waals surface area contributed by atoms with Crippen LogP contribution in [-0.4, -0.2) is 13.1 Å². The third-order valence-electron chi connectivity index (χ3n) is 1.63. The Kier molecular flexibility index (Phi) is 40.8. The fourth-order valence-corrected chi connectivity index (χ4v) is 0.979. The summed E-state index contributed by atoms with van der Waals surface area (Å²) in [5.41, 5.74) is 0. The number of unbranched alkanes of at least 4 members (excludes halogenated alkanes) is 3. The Bertz CT molecular complexity index is 45.2. The monoisotopic (exact) mass is 203 g/mol. The molecule has 0 aromatic carbocycles. The summed E-state index contributed by atoms with van der Waals surface area (Å²) in [5.74, 6) is 0. The summed E-state index contributed by atoms with van der Waals surface area (Å²) in [6.45, 7) is 14.9. The number of hydrogen-bond donors (Lipinski definition) is 1. The van der Waals surface area contributed by atoms with Crippen LogP contribution in [-0.2, 0) is 0 Å². The summed E-state index contributed by atoms with van der Waals surface area (Å²) in [4.78, 5) is 0. The van der Waals surface area contributed by atoms with Crippen molar-refractivity contribution in [2.75, 3.05) is 13.1 Å². The Labute approximate surface area is 92.7 Å². The van der Waals surface area contributed by atoms with Gasteiger partial charge in [0.2, 0.25) is 0 Å². The first-order valence-corrected chi connectivity index (χ1v) is 6.62. The predicted octanol–water partition coefficient (Wildman–Crippen LogP) is 4.62. The third-order valence-corrected chi connectivity index (χ3v) is 1.63. The van der Waals surface area contributed by atoms with Crippen LogP contribution in [0.5, 0.6) is 0 Å². The molecule has 0 radical (unpaired) electrons. The molecule has 1 heteroatoms. The van der Waals surface area contributed by atoms with Gasteiger partial charge in [-0.15, -0.1) is 0 Å². The minimum Gasteiger partial charge on any atom is -0.317 e. The smallest absolute Gasteiger partial charge is 0.00489 e. The molecule has 0 aliphatic heterocycles. The normalized spacial score (nSPS) is 8.14. The van der Waals surface area contributed by atoms with Crippen molar-refractivity contribution in [1.82, 2.24) is 5.32 Å². The third kappa shape index (κ3) is 29.7. The van der Waals surface area contributed by atoms with Gasteiger partial charge in [-0.25, -0.2) is 0 Å². The van der Waals surface area contributed by atoms with E-state index in [0.717, 1.165) is 0 Å². The lowest BCUT2D eigenvalue weighted by atomic mass is 10.2. The van der Waals surface area contributed by atoms with Crippen LogP contribution in [0.2, 0.25) is 0 Å². The zero-order valence-corrected chi connectivity index (χ0v) is 11.4. The predicted molar refractivity (Wildman–Crippen MR) is 70.0 cm³/mol. The maximum Gasteiger partial charge on any atom is -0.00489 e. The molecule has 0 aromatic heterocycles. The van der Waals surface area contributed by atoms with Crippen molar-refractivity contribution in [2.24, 2.45) is 0 Å². The van der Waals surface area contributed by atoms with E-state index in [0.29, 0.717) is 0 Å². The molecule has 0 rings (SSSR count). The average molecular weight is 203 g/mol. The van der Waals surface area contributed by atoms with Crippen molar-refractivity contribution >= 4 is 0 Å². The Morgan fingerprint density at radius 2 is 1.21 bits per heavy atom. The van der Waals surface area contributed by atoms with Crippen molar-refractivity contribution < 1.29 is 0 Å². The molecule has 1 nitrogen and oxygen atoms in total. The van der Waals surface area contributed by atoms with Crippen LogP contribution in [0.15, 0.2) is 0 Å². The van der Waals surface area contributed by atoms with Crippen LogP contribution in [0.3, 0.4) is 0 Å². The van der Waals surface area contributed by atoms with Gasteiger partial charge in [-0.3, -0.25) is 0 Å². The SMILES string of the molecule is CC.CC.CCCCCCNCCC. The Morgan fingerprint density at radius 1 is 0.643 bits per heavy atom. The van der Waals surface area contributed by atoms with Crippen molar-refractivity contribution in [3.63, 3.8) is 0 Å². The summed E-state index contributed by atoms with van der Waals surface area (Å²) in [6, 6.07) is 0. The van der Waals surface area contributed by atoms with Crippen molar-refractivity contribution in [1.29, 1.82) is 0 Å². The molecule has 14 heavy (non-hydrogen) atoms. The molecule has 0 aliphatic carbocycles. The standard InChI is InChI=1S/C9H21N.2C2H6/c1-3-5-6-7-9-10-8-4-2;2*1-2/h10H,3-9H2,1-2H3;2*1-2H3. The molecule has 0 heterocycles. The molecule has 0 saturated carbocycles. The maximum absolute atomic E-state index is 3.39. The lowest BCUT2D eigenvalue weighted by Crippen LogP contribution is -2.15. The highest BCUT2D eigenvalue weighted by Gasteiger charge is 1.85. The summed E-state index contributed by atoms with van der Waals surface area (Å²) >= 11 is 0. The Morgan fingerprint density at radius 3 is 1.64 bits per heavy atom. The topological polar surface area (TPSA) is 12.0 Å². The second-order valence-corrected chi connectivity index (χ2v) is 2.81. The van der Waals surface area contributed by atoms with Gasteiger partial charge in [0.1, 0.15) is 0 Å². The zero-order valence-electron chi connectivity index (χ0n) is 11.4. The Hall–Kier alpha value is -0.0400. The van der Waals surface area contributed by atoms with E-state index in [-0.39, 0.29) is 0 Å². The molecule has 0 unspecified atom stereocenters. The van der Waals surface area contributed by atoms with E-state index in [1.54, 1.807) is 0 Å². The molecule has 90 valence electrons. The van der Waals surface area contributed by atoms with Crippen LogP contribution >= 0.6 is 0 Å². The molecule has 0 bridgehead atoms. The second-order valence-electron chi connectivity index (χ2n) is 2.81. The highest BCUT2D eigenvalue weighted by atomic mass is 14.8. The molecular weight excluding hydrogens is 170 g/mol. The fraction of sp³-hybridized carbons (Fsp3) is 1.00. The summed E-state index contributed by atoms with van der Waals surface area (Å²) in [6.07, 6.45) is 6.75. The van der Waals surface area contributed by atoms with Gasteiger partial charge >= 0.3 is 0 Å². The largest absolute Gasteiger partial charge is 0.317 e. The summed E-state index contributed by atoms with van der Waals surface area (Å²) < 4.78 is 0. The quantitative estimate of drug-likeness (QED) is 0.595. The second kappa shape index (κ2) is 29.3. The highest BCUT2D eigenvalue weighted by molar-refractivity contribution is 4.46. The van der Waals surface area contributed by atoms with E-state index in [1.165, 1.54) is 45.2 Å². The van der Waals surface area contributed by atoms with E-state index in [9.17, 15) is 0 Å². The minimum atomic E-state index is 1.19. The highest BCUT2D eigenvalue weighted by Crippen LogP contribution is 1.96. The van der Waals surface area contributed by atoms with Crippen molar-refractivity contribution in [3.8, 4) is 0 Å². The van der Waals surface area contributed by atoms with E-state index < -0.39 is 0 Å². The van der Waals surface area contributed by atoms with Crippen LogP contribution in [0, 0.1) is 0 Å². The number of rotatable bonds is 7. The van der Waals surface area contributed by atoms with E-state index in [2.05, 4.69) is 19.2 Å². The molecule has 0 amide bonds. The lowest BCUT2D eigenvalue weighted by molar-refractivity contribution is 0.594. The average Bonchev–Trinajstić information content (AvgIpc) is 2.29. The molecule has 0 aromatic rings. The van der Waals surface area contributed by atoms with Gasteiger partial charge in [-0.05, 0) is 25.9 Å². The van der Waals surface area contributed by atoms with Gasteiger partial charge in [0, 0.05) is 0 Å². The first-order chi connectivity index (χ1) is 6.91. The Balaban J connectivity index is -0.000000266. The molecule has 0 spiro atoms. The van der Waals surface area contributed by atoms with E-state index >= 15 is 0 Å².